The standard InChI is InChI=1S/C14H20O/c1-8-3-4-11-12(5-8)10-6-13(11)14(7-10)9(2)15-14/h3,9-13H,4-7H2,1-2H3/t9-,10-,11-,12+,13+,14+/m0/s1. The van der Waals surface area contributed by atoms with E-state index in [-0.39, 0.29) is 0 Å². The van der Waals surface area contributed by atoms with Crippen LogP contribution in [0.5, 0.6) is 0 Å². The maximum absolute atomic E-state index is 5.95. The number of allylic oxidation sites excluding steroid dienone is 2. The van der Waals surface area contributed by atoms with Gasteiger partial charge in [0, 0.05) is 0 Å². The first-order valence-corrected chi connectivity index (χ1v) is 6.54. The van der Waals surface area contributed by atoms with Gasteiger partial charge in [-0.3, -0.25) is 0 Å². The van der Waals surface area contributed by atoms with E-state index >= 15 is 0 Å². The molecule has 2 bridgehead atoms. The van der Waals surface area contributed by atoms with Crippen molar-refractivity contribution in [2.75, 3.05) is 0 Å². The van der Waals surface area contributed by atoms with Crippen LogP contribution in [-0.2, 0) is 4.74 Å². The third-order valence-corrected chi connectivity index (χ3v) is 5.76. The molecule has 1 saturated heterocycles. The molecular formula is C14H20O. The van der Waals surface area contributed by atoms with Gasteiger partial charge < -0.3 is 4.74 Å². The second-order valence-electron chi connectivity index (χ2n) is 6.34. The highest BCUT2D eigenvalue weighted by molar-refractivity contribution is 5.22. The number of hydrogen-bond donors (Lipinski definition) is 0. The summed E-state index contributed by atoms with van der Waals surface area (Å²) in [6, 6.07) is 0. The number of epoxide rings is 1. The Morgan fingerprint density at radius 2 is 2.20 bits per heavy atom. The molecular weight excluding hydrogens is 184 g/mol. The van der Waals surface area contributed by atoms with E-state index in [1.165, 1.54) is 25.7 Å². The van der Waals surface area contributed by atoms with Gasteiger partial charge in [-0.2, -0.15) is 0 Å². The van der Waals surface area contributed by atoms with Crippen molar-refractivity contribution in [1.82, 2.24) is 0 Å². The van der Waals surface area contributed by atoms with E-state index in [4.69, 9.17) is 4.74 Å². The molecule has 15 heavy (non-hydrogen) atoms. The zero-order valence-corrected chi connectivity index (χ0v) is 9.70. The zero-order valence-electron chi connectivity index (χ0n) is 9.70. The summed E-state index contributed by atoms with van der Waals surface area (Å²) in [6.45, 7) is 4.59. The Hall–Kier alpha value is -0.300. The molecule has 0 radical (unpaired) electrons. The molecule has 3 aliphatic carbocycles. The maximum Gasteiger partial charge on any atom is 0.0979 e. The van der Waals surface area contributed by atoms with Gasteiger partial charge in [0.25, 0.3) is 0 Å². The van der Waals surface area contributed by atoms with E-state index in [1.807, 2.05) is 0 Å². The van der Waals surface area contributed by atoms with Crippen LogP contribution < -0.4 is 0 Å². The van der Waals surface area contributed by atoms with Gasteiger partial charge >= 0.3 is 0 Å². The molecule has 1 nitrogen and oxygen atoms in total. The highest BCUT2D eigenvalue weighted by Crippen LogP contribution is 2.68. The van der Waals surface area contributed by atoms with Crippen LogP contribution in [0, 0.1) is 23.7 Å². The molecule has 0 aromatic heterocycles. The highest BCUT2D eigenvalue weighted by Gasteiger charge is 2.70. The predicted molar refractivity (Wildman–Crippen MR) is 59.5 cm³/mol. The molecule has 0 unspecified atom stereocenters. The topological polar surface area (TPSA) is 12.5 Å². The Morgan fingerprint density at radius 3 is 2.93 bits per heavy atom. The SMILES string of the molecule is CC1=CC[C@H]2[C@H](C1)[C@H]1C[C@H]2[C@]2(C1)O[C@H]2C. The first-order valence-electron chi connectivity index (χ1n) is 6.54. The molecule has 1 spiro atoms. The Morgan fingerprint density at radius 1 is 1.40 bits per heavy atom. The van der Waals surface area contributed by atoms with E-state index in [9.17, 15) is 0 Å². The summed E-state index contributed by atoms with van der Waals surface area (Å²) < 4.78 is 5.95. The fourth-order valence-electron chi connectivity index (χ4n) is 5.03. The summed E-state index contributed by atoms with van der Waals surface area (Å²) in [5, 5.41) is 0. The second kappa shape index (κ2) is 2.51. The summed E-state index contributed by atoms with van der Waals surface area (Å²) in [6.07, 6.45) is 8.64. The third kappa shape index (κ3) is 0.939. The van der Waals surface area contributed by atoms with Crippen molar-refractivity contribution in [3.8, 4) is 0 Å². The molecule has 4 rings (SSSR count). The van der Waals surface area contributed by atoms with Crippen molar-refractivity contribution in [1.29, 1.82) is 0 Å². The maximum atomic E-state index is 5.95. The van der Waals surface area contributed by atoms with E-state index in [0.29, 0.717) is 11.7 Å². The van der Waals surface area contributed by atoms with E-state index < -0.39 is 0 Å². The van der Waals surface area contributed by atoms with Crippen LogP contribution in [0.2, 0.25) is 0 Å². The summed E-state index contributed by atoms with van der Waals surface area (Å²) in [5.41, 5.74) is 2.01. The van der Waals surface area contributed by atoms with Gasteiger partial charge in [0.1, 0.15) is 0 Å². The molecule has 1 heterocycles. The smallest absolute Gasteiger partial charge is 0.0979 e. The minimum Gasteiger partial charge on any atom is -0.366 e. The average molecular weight is 204 g/mol. The molecule has 82 valence electrons. The van der Waals surface area contributed by atoms with Crippen LogP contribution in [0.3, 0.4) is 0 Å². The number of rotatable bonds is 0. The zero-order chi connectivity index (χ0) is 10.2. The summed E-state index contributed by atoms with van der Waals surface area (Å²) in [5.74, 6) is 3.89. The van der Waals surface area contributed by atoms with Crippen molar-refractivity contribution in [3.05, 3.63) is 11.6 Å². The summed E-state index contributed by atoms with van der Waals surface area (Å²) in [4.78, 5) is 0. The fraction of sp³-hybridized carbons (Fsp3) is 0.857. The van der Waals surface area contributed by atoms with Gasteiger partial charge in [-0.05, 0) is 63.2 Å². The molecule has 0 aromatic carbocycles. The van der Waals surface area contributed by atoms with Crippen LogP contribution in [0.15, 0.2) is 11.6 Å². The van der Waals surface area contributed by atoms with Crippen molar-refractivity contribution >= 4 is 0 Å². The molecule has 0 N–H and O–H groups in total. The quantitative estimate of drug-likeness (QED) is 0.436. The average Bonchev–Trinajstić information content (AvgIpc) is 2.61. The minimum atomic E-state index is 0.366. The fourth-order valence-corrected chi connectivity index (χ4v) is 5.03. The molecule has 4 aliphatic rings. The summed E-state index contributed by atoms with van der Waals surface area (Å²) in [7, 11) is 0. The number of ether oxygens (including phenoxy) is 1. The Kier molecular flexibility index (Phi) is 1.47. The van der Waals surface area contributed by atoms with Crippen molar-refractivity contribution in [3.63, 3.8) is 0 Å². The van der Waals surface area contributed by atoms with E-state index in [1.54, 1.807) is 5.57 Å². The normalized spacial score (nSPS) is 60.7. The predicted octanol–water partition coefficient (Wildman–Crippen LogP) is 3.16. The van der Waals surface area contributed by atoms with Gasteiger partial charge in [0.15, 0.2) is 0 Å². The second-order valence-corrected chi connectivity index (χ2v) is 6.34. The highest BCUT2D eigenvalue weighted by atomic mass is 16.6. The molecule has 0 aromatic rings. The minimum absolute atomic E-state index is 0.366. The van der Waals surface area contributed by atoms with Crippen molar-refractivity contribution in [2.45, 2.75) is 51.2 Å². The van der Waals surface area contributed by atoms with Gasteiger partial charge in [-0.25, -0.2) is 0 Å². The third-order valence-electron chi connectivity index (χ3n) is 5.76. The van der Waals surface area contributed by atoms with Crippen LogP contribution in [0.25, 0.3) is 0 Å². The van der Waals surface area contributed by atoms with E-state index in [2.05, 4.69) is 19.9 Å². The Bertz CT molecular complexity index is 345. The molecule has 0 amide bonds. The van der Waals surface area contributed by atoms with E-state index in [0.717, 1.165) is 23.7 Å². The number of fused-ring (bicyclic) bond motifs is 6. The lowest BCUT2D eigenvalue weighted by Crippen LogP contribution is -2.36. The lowest BCUT2D eigenvalue weighted by Gasteiger charge is -2.37. The molecule has 6 atom stereocenters. The lowest BCUT2D eigenvalue weighted by atomic mass is 9.67. The molecule has 1 aliphatic heterocycles. The Balaban J connectivity index is 1.67. The molecule has 2 saturated carbocycles. The van der Waals surface area contributed by atoms with Gasteiger partial charge in [-0.15, -0.1) is 0 Å². The molecule has 3 fully saturated rings. The van der Waals surface area contributed by atoms with Crippen molar-refractivity contribution in [2.24, 2.45) is 23.7 Å². The van der Waals surface area contributed by atoms with Crippen molar-refractivity contribution < 1.29 is 4.74 Å². The van der Waals surface area contributed by atoms with Gasteiger partial charge in [0.2, 0.25) is 0 Å². The number of hydrogen-bond acceptors (Lipinski definition) is 1. The first kappa shape index (κ1) is 8.81. The van der Waals surface area contributed by atoms with Gasteiger partial charge in [0.05, 0.1) is 11.7 Å². The first-order chi connectivity index (χ1) is 7.21. The van der Waals surface area contributed by atoms with Crippen LogP contribution in [0.1, 0.15) is 39.5 Å². The molecule has 1 heteroatoms. The Labute approximate surface area is 91.9 Å². The largest absolute Gasteiger partial charge is 0.366 e. The van der Waals surface area contributed by atoms with Crippen LogP contribution in [-0.4, -0.2) is 11.7 Å². The van der Waals surface area contributed by atoms with Crippen LogP contribution in [0.4, 0.5) is 0 Å². The lowest BCUT2D eigenvalue weighted by molar-refractivity contribution is 0.114. The van der Waals surface area contributed by atoms with Gasteiger partial charge in [-0.1, -0.05) is 11.6 Å². The summed E-state index contributed by atoms with van der Waals surface area (Å²) >= 11 is 0. The van der Waals surface area contributed by atoms with Crippen LogP contribution >= 0.6 is 0 Å². The monoisotopic (exact) mass is 204 g/mol.